The predicted molar refractivity (Wildman–Crippen MR) is 108 cm³/mol. The van der Waals surface area contributed by atoms with Gasteiger partial charge in [-0.3, -0.25) is 0 Å². The van der Waals surface area contributed by atoms with Gasteiger partial charge in [0.05, 0.1) is 0 Å². The topological polar surface area (TPSA) is 98.0 Å². The van der Waals surface area contributed by atoms with E-state index in [9.17, 15) is 25.2 Å². The van der Waals surface area contributed by atoms with E-state index >= 15 is 0 Å². The van der Waals surface area contributed by atoms with Crippen LogP contribution in [0.15, 0.2) is 42.5 Å². The average molecular weight is 382 g/mol. The van der Waals surface area contributed by atoms with Crippen LogP contribution in [0, 0.1) is 5.41 Å². The van der Waals surface area contributed by atoms with Crippen molar-refractivity contribution < 1.29 is 25.2 Å². The largest absolute Gasteiger partial charge is 0.508 e. The lowest BCUT2D eigenvalue weighted by atomic mass is 9.59. The molecule has 5 heteroatoms. The van der Waals surface area contributed by atoms with Crippen LogP contribution in [0.1, 0.15) is 56.0 Å². The Labute approximate surface area is 164 Å². The second-order valence-corrected chi connectivity index (χ2v) is 8.67. The first-order chi connectivity index (χ1) is 13.0. The third-order valence-electron chi connectivity index (χ3n) is 5.94. The van der Waals surface area contributed by atoms with Crippen molar-refractivity contribution in [3.05, 3.63) is 53.6 Å². The summed E-state index contributed by atoms with van der Waals surface area (Å²) in [5, 5.41) is 41.2. The first-order valence-electron chi connectivity index (χ1n) is 9.27. The van der Waals surface area contributed by atoms with Gasteiger partial charge in [-0.05, 0) is 48.4 Å². The van der Waals surface area contributed by atoms with E-state index in [0.717, 1.165) is 18.4 Å². The molecule has 0 radical (unpaired) electrons. The molecule has 3 rings (SSSR count). The maximum atomic E-state index is 12.0. The van der Waals surface area contributed by atoms with Crippen molar-refractivity contribution in [2.45, 2.75) is 45.4 Å². The SMILES string of the molecule is C=C1CCC(C)(C)CC1(C)c1c(O)cc(-c2ccc(O)cc2)c(C(=O)O)c1O. The Kier molecular flexibility index (Phi) is 4.66. The highest BCUT2D eigenvalue weighted by Crippen LogP contribution is 2.55. The molecule has 5 nitrogen and oxygen atoms in total. The monoisotopic (exact) mass is 382 g/mol. The fourth-order valence-corrected chi connectivity index (χ4v) is 4.48. The summed E-state index contributed by atoms with van der Waals surface area (Å²) in [6, 6.07) is 7.32. The summed E-state index contributed by atoms with van der Waals surface area (Å²) < 4.78 is 0. The minimum absolute atomic E-state index is 0.0339. The Morgan fingerprint density at radius 2 is 1.68 bits per heavy atom. The van der Waals surface area contributed by atoms with Crippen LogP contribution in [0.2, 0.25) is 0 Å². The van der Waals surface area contributed by atoms with E-state index in [2.05, 4.69) is 20.4 Å². The van der Waals surface area contributed by atoms with Crippen molar-refractivity contribution in [2.75, 3.05) is 0 Å². The van der Waals surface area contributed by atoms with E-state index in [1.807, 2.05) is 6.92 Å². The predicted octanol–water partition coefficient (Wildman–Crippen LogP) is 5.19. The van der Waals surface area contributed by atoms with Crippen molar-refractivity contribution in [1.82, 2.24) is 0 Å². The van der Waals surface area contributed by atoms with Gasteiger partial charge in [0, 0.05) is 16.5 Å². The van der Waals surface area contributed by atoms with Gasteiger partial charge in [0.15, 0.2) is 0 Å². The third kappa shape index (κ3) is 3.21. The Bertz CT molecular complexity index is 956. The fourth-order valence-electron chi connectivity index (χ4n) is 4.48. The van der Waals surface area contributed by atoms with Crippen molar-refractivity contribution in [2.24, 2.45) is 5.41 Å². The minimum atomic E-state index is -1.29. The maximum Gasteiger partial charge on any atom is 0.340 e. The lowest BCUT2D eigenvalue weighted by Gasteiger charge is -2.45. The minimum Gasteiger partial charge on any atom is -0.508 e. The molecule has 148 valence electrons. The second kappa shape index (κ2) is 6.59. The molecule has 0 amide bonds. The van der Waals surface area contributed by atoms with Crippen LogP contribution in [0.3, 0.4) is 0 Å². The second-order valence-electron chi connectivity index (χ2n) is 8.67. The standard InChI is InChI=1S/C23H26O5/c1-13-9-10-22(2,3)12-23(13,4)19-17(25)11-16(18(20(19)26)21(27)28)14-5-7-15(24)8-6-14/h5-8,11,24-26H,1,9-10,12H2,2-4H3,(H,27,28). The number of allylic oxidation sites excluding steroid dienone is 1. The molecule has 0 saturated heterocycles. The van der Waals surface area contributed by atoms with Gasteiger partial charge < -0.3 is 20.4 Å². The highest BCUT2D eigenvalue weighted by Gasteiger charge is 2.44. The molecule has 2 aromatic rings. The highest BCUT2D eigenvalue weighted by atomic mass is 16.4. The van der Waals surface area contributed by atoms with Crippen LogP contribution in [-0.2, 0) is 5.41 Å². The highest BCUT2D eigenvalue weighted by molar-refractivity contribution is 6.00. The lowest BCUT2D eigenvalue weighted by Crippen LogP contribution is -2.36. The van der Waals surface area contributed by atoms with Crippen LogP contribution in [-0.4, -0.2) is 26.4 Å². The smallest absolute Gasteiger partial charge is 0.340 e. The zero-order valence-corrected chi connectivity index (χ0v) is 16.4. The number of hydrogen-bond donors (Lipinski definition) is 4. The van der Waals surface area contributed by atoms with Gasteiger partial charge in [0.1, 0.15) is 22.8 Å². The van der Waals surface area contributed by atoms with E-state index in [1.165, 1.54) is 18.2 Å². The summed E-state index contributed by atoms with van der Waals surface area (Å²) in [6.07, 6.45) is 2.32. The first-order valence-corrected chi connectivity index (χ1v) is 9.27. The van der Waals surface area contributed by atoms with Gasteiger partial charge in [-0.25, -0.2) is 4.79 Å². The van der Waals surface area contributed by atoms with E-state index in [4.69, 9.17) is 0 Å². The Balaban J connectivity index is 2.27. The van der Waals surface area contributed by atoms with Gasteiger partial charge in [0.2, 0.25) is 0 Å². The van der Waals surface area contributed by atoms with E-state index in [-0.39, 0.29) is 33.6 Å². The molecule has 1 aliphatic carbocycles. The molecule has 4 N–H and O–H groups in total. The number of carboxylic acids is 1. The van der Waals surface area contributed by atoms with Crippen LogP contribution in [0.4, 0.5) is 0 Å². The molecule has 0 spiro atoms. The number of benzene rings is 2. The summed E-state index contributed by atoms with van der Waals surface area (Å²) in [5.41, 5.74) is 0.699. The van der Waals surface area contributed by atoms with Crippen molar-refractivity contribution in [1.29, 1.82) is 0 Å². The fraction of sp³-hybridized carbons (Fsp3) is 0.348. The summed E-state index contributed by atoms with van der Waals surface area (Å²) in [7, 11) is 0. The van der Waals surface area contributed by atoms with E-state index in [1.54, 1.807) is 12.1 Å². The normalized spacial score (nSPS) is 21.5. The number of aromatic hydroxyl groups is 3. The molecule has 2 aromatic carbocycles. The molecular weight excluding hydrogens is 356 g/mol. The molecule has 1 fully saturated rings. The number of hydrogen-bond acceptors (Lipinski definition) is 4. The zero-order chi connectivity index (χ0) is 20.9. The van der Waals surface area contributed by atoms with Gasteiger partial charge in [0.25, 0.3) is 0 Å². The number of carboxylic acid groups (broad SMARTS) is 1. The molecule has 0 aromatic heterocycles. The van der Waals surface area contributed by atoms with Crippen LogP contribution in [0.25, 0.3) is 11.1 Å². The number of rotatable bonds is 3. The van der Waals surface area contributed by atoms with Gasteiger partial charge in [-0.15, -0.1) is 0 Å². The van der Waals surface area contributed by atoms with Gasteiger partial charge in [-0.1, -0.05) is 45.1 Å². The number of aromatic carboxylic acids is 1. The maximum absolute atomic E-state index is 12.0. The Morgan fingerprint density at radius 3 is 2.25 bits per heavy atom. The summed E-state index contributed by atoms with van der Waals surface area (Å²) >= 11 is 0. The summed E-state index contributed by atoms with van der Waals surface area (Å²) in [6.45, 7) is 10.3. The molecule has 1 unspecified atom stereocenters. The Morgan fingerprint density at radius 1 is 1.07 bits per heavy atom. The molecule has 1 saturated carbocycles. The molecule has 0 aliphatic heterocycles. The average Bonchev–Trinajstić information content (AvgIpc) is 2.58. The van der Waals surface area contributed by atoms with Gasteiger partial charge >= 0.3 is 5.97 Å². The van der Waals surface area contributed by atoms with Crippen molar-refractivity contribution in [3.8, 4) is 28.4 Å². The van der Waals surface area contributed by atoms with Crippen LogP contribution < -0.4 is 0 Å². The van der Waals surface area contributed by atoms with E-state index in [0.29, 0.717) is 12.0 Å². The molecule has 28 heavy (non-hydrogen) atoms. The van der Waals surface area contributed by atoms with Crippen LogP contribution >= 0.6 is 0 Å². The molecular formula is C23H26O5. The molecule has 1 aliphatic rings. The van der Waals surface area contributed by atoms with Crippen molar-refractivity contribution in [3.63, 3.8) is 0 Å². The third-order valence-corrected chi connectivity index (χ3v) is 5.94. The number of carbonyl (C=O) groups is 1. The summed E-state index contributed by atoms with van der Waals surface area (Å²) in [4.78, 5) is 12.0. The molecule has 0 bridgehead atoms. The Hall–Kier alpha value is -2.95. The quantitative estimate of drug-likeness (QED) is 0.548. The van der Waals surface area contributed by atoms with Crippen molar-refractivity contribution >= 4 is 5.97 Å². The van der Waals surface area contributed by atoms with E-state index < -0.39 is 17.1 Å². The number of phenolic OH excluding ortho intramolecular Hbond substituents is 2. The zero-order valence-electron chi connectivity index (χ0n) is 16.4. The van der Waals surface area contributed by atoms with Gasteiger partial charge in [-0.2, -0.15) is 0 Å². The molecule has 1 atom stereocenters. The number of phenols is 3. The summed E-state index contributed by atoms with van der Waals surface area (Å²) in [5.74, 6) is -1.84. The first kappa shape index (κ1) is 19.8. The molecule has 0 heterocycles. The lowest BCUT2D eigenvalue weighted by molar-refractivity contribution is 0.0694. The van der Waals surface area contributed by atoms with Crippen LogP contribution in [0.5, 0.6) is 17.2 Å².